The van der Waals surface area contributed by atoms with Crippen LogP contribution in [0.1, 0.15) is 11.3 Å². The van der Waals surface area contributed by atoms with Crippen LogP contribution >= 0.6 is 0 Å². The predicted molar refractivity (Wildman–Crippen MR) is 87.1 cm³/mol. The van der Waals surface area contributed by atoms with E-state index in [1.807, 2.05) is 12.1 Å². The second-order valence-electron chi connectivity index (χ2n) is 6.15. The van der Waals surface area contributed by atoms with E-state index in [4.69, 9.17) is 13.9 Å². The highest BCUT2D eigenvalue weighted by molar-refractivity contribution is 5.38. The summed E-state index contributed by atoms with van der Waals surface area (Å²) in [6.07, 6.45) is 1.76. The van der Waals surface area contributed by atoms with Gasteiger partial charge in [0, 0.05) is 11.6 Å². The molecule has 2 heterocycles. The molecule has 5 heteroatoms. The number of methoxy groups -OCH3 is 2. The number of rotatable bonds is 6. The minimum atomic E-state index is 0.862. The molecular formula is C18H26N2O3+2. The Morgan fingerprint density at radius 2 is 1.52 bits per heavy atom. The van der Waals surface area contributed by atoms with E-state index in [1.165, 1.54) is 31.7 Å². The van der Waals surface area contributed by atoms with E-state index in [2.05, 4.69) is 18.2 Å². The Hall–Kier alpha value is -1.98. The topological polar surface area (TPSA) is 40.5 Å². The zero-order valence-corrected chi connectivity index (χ0v) is 13.9. The average molecular weight is 318 g/mol. The highest BCUT2D eigenvalue weighted by Gasteiger charge is 2.24. The number of quaternary nitrogens is 2. The molecule has 1 fully saturated rings. The summed E-state index contributed by atoms with van der Waals surface area (Å²) in [7, 11) is 3.39. The maximum Gasteiger partial charge on any atom is 0.157 e. The Morgan fingerprint density at radius 3 is 2.04 bits per heavy atom. The third-order valence-corrected chi connectivity index (χ3v) is 4.53. The molecule has 5 nitrogen and oxygen atoms in total. The molecule has 3 rings (SSSR count). The summed E-state index contributed by atoms with van der Waals surface area (Å²) < 4.78 is 16.2. The van der Waals surface area contributed by atoms with Crippen molar-refractivity contribution < 1.29 is 23.7 Å². The van der Waals surface area contributed by atoms with Crippen molar-refractivity contribution in [2.45, 2.75) is 13.1 Å². The molecule has 0 radical (unpaired) electrons. The summed E-state index contributed by atoms with van der Waals surface area (Å²) in [6.45, 7) is 6.72. The van der Waals surface area contributed by atoms with Gasteiger partial charge >= 0.3 is 0 Å². The highest BCUT2D eigenvalue weighted by Crippen LogP contribution is 2.21. The summed E-state index contributed by atoms with van der Waals surface area (Å²) in [5.41, 5.74) is 1.27. The van der Waals surface area contributed by atoms with Crippen LogP contribution in [0.15, 0.2) is 41.0 Å². The number of furan rings is 1. The second kappa shape index (κ2) is 7.53. The second-order valence-corrected chi connectivity index (χ2v) is 6.15. The third-order valence-electron chi connectivity index (χ3n) is 4.53. The van der Waals surface area contributed by atoms with Crippen LogP contribution in [0, 0.1) is 0 Å². The van der Waals surface area contributed by atoms with Gasteiger partial charge in [-0.2, -0.15) is 0 Å². The molecule has 1 saturated heterocycles. The molecule has 0 amide bonds. The Balaban J connectivity index is 1.54. The molecule has 0 bridgehead atoms. The van der Waals surface area contributed by atoms with Crippen LogP contribution in [0.4, 0.5) is 0 Å². The quantitative estimate of drug-likeness (QED) is 0.774. The summed E-state index contributed by atoms with van der Waals surface area (Å²) in [4.78, 5) is 3.22. The Kier molecular flexibility index (Phi) is 5.20. The standard InChI is InChI=1S/C18H24N2O3/c1-21-17-10-15(11-18(12-17)22-2)13-19-5-7-20(8-6-19)14-16-4-3-9-23-16/h3-4,9-12H,5-8,13-14H2,1-2H3/p+2. The molecular weight excluding hydrogens is 292 g/mol. The number of ether oxygens (including phenoxy) is 2. The Bertz CT molecular complexity index is 582. The first-order valence-corrected chi connectivity index (χ1v) is 8.18. The van der Waals surface area contributed by atoms with E-state index in [0.29, 0.717) is 0 Å². The summed E-state index contributed by atoms with van der Waals surface area (Å²) in [5.74, 6) is 2.81. The minimum Gasteiger partial charge on any atom is -0.497 e. The summed E-state index contributed by atoms with van der Waals surface area (Å²) in [5, 5.41) is 0. The lowest BCUT2D eigenvalue weighted by atomic mass is 10.1. The van der Waals surface area contributed by atoms with E-state index in [1.54, 1.807) is 30.3 Å². The maximum absolute atomic E-state index is 5.45. The number of benzene rings is 1. The predicted octanol–water partition coefficient (Wildman–Crippen LogP) is -0.220. The van der Waals surface area contributed by atoms with Gasteiger partial charge in [-0.15, -0.1) is 0 Å². The molecule has 0 unspecified atom stereocenters. The van der Waals surface area contributed by atoms with Crippen LogP contribution in [0.2, 0.25) is 0 Å². The lowest BCUT2D eigenvalue weighted by molar-refractivity contribution is -1.02. The molecule has 0 atom stereocenters. The van der Waals surface area contributed by atoms with Crippen molar-refractivity contribution in [2.24, 2.45) is 0 Å². The first-order valence-electron chi connectivity index (χ1n) is 8.18. The largest absolute Gasteiger partial charge is 0.497 e. The maximum atomic E-state index is 5.45. The Morgan fingerprint density at radius 1 is 0.913 bits per heavy atom. The molecule has 0 saturated carbocycles. The van der Waals surface area contributed by atoms with E-state index in [-0.39, 0.29) is 0 Å². The van der Waals surface area contributed by atoms with Crippen molar-refractivity contribution in [1.29, 1.82) is 0 Å². The van der Waals surface area contributed by atoms with Crippen molar-refractivity contribution in [3.63, 3.8) is 0 Å². The molecule has 2 N–H and O–H groups in total. The Labute approximate surface area is 137 Å². The summed E-state index contributed by atoms with van der Waals surface area (Å²) >= 11 is 0. The zero-order valence-electron chi connectivity index (χ0n) is 13.9. The van der Waals surface area contributed by atoms with E-state index < -0.39 is 0 Å². The zero-order chi connectivity index (χ0) is 16.1. The van der Waals surface area contributed by atoms with Crippen LogP contribution in [-0.2, 0) is 13.1 Å². The lowest BCUT2D eigenvalue weighted by Gasteiger charge is -2.29. The lowest BCUT2D eigenvalue weighted by Crippen LogP contribution is -3.27. The molecule has 1 aliphatic rings. The average Bonchev–Trinajstić information content (AvgIpc) is 3.09. The van der Waals surface area contributed by atoms with Gasteiger partial charge in [0.1, 0.15) is 50.8 Å². The molecule has 124 valence electrons. The monoisotopic (exact) mass is 318 g/mol. The van der Waals surface area contributed by atoms with Gasteiger partial charge in [-0.3, -0.25) is 0 Å². The van der Waals surface area contributed by atoms with Gasteiger partial charge in [0.25, 0.3) is 0 Å². The smallest absolute Gasteiger partial charge is 0.157 e. The molecule has 1 aliphatic heterocycles. The van der Waals surface area contributed by atoms with E-state index in [0.717, 1.165) is 30.3 Å². The first kappa shape index (κ1) is 15.9. The highest BCUT2D eigenvalue weighted by atomic mass is 16.5. The molecule has 1 aromatic heterocycles. The van der Waals surface area contributed by atoms with Crippen molar-refractivity contribution in [1.82, 2.24) is 0 Å². The van der Waals surface area contributed by atoms with Gasteiger partial charge in [0.2, 0.25) is 0 Å². The molecule has 23 heavy (non-hydrogen) atoms. The molecule has 0 spiro atoms. The fraction of sp³-hybridized carbons (Fsp3) is 0.444. The van der Waals surface area contributed by atoms with Crippen LogP contribution < -0.4 is 19.3 Å². The fourth-order valence-electron chi connectivity index (χ4n) is 3.23. The van der Waals surface area contributed by atoms with Crippen LogP contribution in [0.25, 0.3) is 0 Å². The van der Waals surface area contributed by atoms with Crippen molar-refractivity contribution in [2.75, 3.05) is 40.4 Å². The van der Waals surface area contributed by atoms with Crippen molar-refractivity contribution in [3.05, 3.63) is 47.9 Å². The van der Waals surface area contributed by atoms with Crippen LogP contribution in [-0.4, -0.2) is 40.4 Å². The van der Waals surface area contributed by atoms with Crippen molar-refractivity contribution in [3.8, 4) is 11.5 Å². The van der Waals surface area contributed by atoms with Crippen LogP contribution in [0.5, 0.6) is 11.5 Å². The SMILES string of the molecule is COc1cc(C[NH+]2CC[NH+](Cc3ccco3)CC2)cc(OC)c1. The van der Waals surface area contributed by atoms with Gasteiger partial charge in [0.05, 0.1) is 20.5 Å². The van der Waals surface area contributed by atoms with Crippen LogP contribution in [0.3, 0.4) is 0 Å². The van der Waals surface area contributed by atoms with Gasteiger partial charge in [-0.25, -0.2) is 0 Å². The van der Waals surface area contributed by atoms with Gasteiger partial charge in [0.15, 0.2) is 5.76 Å². The molecule has 2 aromatic rings. The number of nitrogens with one attached hydrogen (secondary N) is 2. The van der Waals surface area contributed by atoms with Gasteiger partial charge in [-0.05, 0) is 24.3 Å². The normalized spacial score (nSPS) is 21.1. The first-order chi connectivity index (χ1) is 11.3. The van der Waals surface area contributed by atoms with E-state index >= 15 is 0 Å². The molecule has 1 aromatic carbocycles. The molecule has 0 aliphatic carbocycles. The van der Waals surface area contributed by atoms with Crippen molar-refractivity contribution >= 4 is 0 Å². The number of hydrogen-bond acceptors (Lipinski definition) is 3. The minimum absolute atomic E-state index is 0.862. The number of piperazine rings is 1. The van der Waals surface area contributed by atoms with Gasteiger partial charge in [-0.1, -0.05) is 0 Å². The third kappa shape index (κ3) is 4.27. The fourth-order valence-corrected chi connectivity index (χ4v) is 3.23. The number of hydrogen-bond donors (Lipinski definition) is 2. The van der Waals surface area contributed by atoms with Gasteiger partial charge < -0.3 is 23.7 Å². The van der Waals surface area contributed by atoms with E-state index in [9.17, 15) is 0 Å². The summed E-state index contributed by atoms with van der Waals surface area (Å²) in [6, 6.07) is 10.2.